The second-order valence-electron chi connectivity index (χ2n) is 5.58. The number of imidazole rings is 1. The van der Waals surface area contributed by atoms with Crippen molar-refractivity contribution in [2.45, 2.75) is 25.9 Å². The molecule has 1 atom stereocenters. The van der Waals surface area contributed by atoms with E-state index < -0.39 is 22.1 Å². The summed E-state index contributed by atoms with van der Waals surface area (Å²) in [6.45, 7) is 3.52. The fourth-order valence-electron chi connectivity index (χ4n) is 2.13. The molecule has 0 aliphatic carbocycles. The average Bonchev–Trinajstić information content (AvgIpc) is 2.90. The van der Waals surface area contributed by atoms with E-state index in [0.717, 1.165) is 0 Å². The third-order valence-electron chi connectivity index (χ3n) is 3.71. The largest absolute Gasteiger partial charge is 0.336 e. The molecule has 0 saturated heterocycles. The van der Waals surface area contributed by atoms with Crippen LogP contribution in [0.4, 0.5) is 4.39 Å². The third kappa shape index (κ3) is 3.77. The first-order valence-electron chi connectivity index (χ1n) is 7.21. The number of rotatable bonds is 6. The Morgan fingerprint density at radius 1 is 1.30 bits per heavy atom. The number of aromatic nitrogens is 2. The molecule has 1 N–H and O–H groups in total. The van der Waals surface area contributed by atoms with Crippen molar-refractivity contribution >= 4 is 10.2 Å². The first-order valence-corrected chi connectivity index (χ1v) is 8.65. The third-order valence-corrected chi connectivity index (χ3v) is 5.42. The van der Waals surface area contributed by atoms with Crippen LogP contribution in [0.5, 0.6) is 0 Å². The summed E-state index contributed by atoms with van der Waals surface area (Å²) >= 11 is 0. The van der Waals surface area contributed by atoms with E-state index >= 15 is 0 Å². The Balaban J connectivity index is 2.48. The minimum atomic E-state index is -3.80. The lowest BCUT2D eigenvalue weighted by Gasteiger charge is -2.26. The van der Waals surface area contributed by atoms with Crippen molar-refractivity contribution in [1.82, 2.24) is 18.6 Å². The zero-order valence-electron chi connectivity index (χ0n) is 13.6. The van der Waals surface area contributed by atoms with Gasteiger partial charge in [0.05, 0.1) is 0 Å². The fraction of sp³-hybridized carbons (Fsp3) is 0.400. The molecule has 0 amide bonds. The van der Waals surface area contributed by atoms with Crippen LogP contribution >= 0.6 is 0 Å². The highest BCUT2D eigenvalue weighted by Crippen LogP contribution is 2.24. The Morgan fingerprint density at radius 3 is 2.48 bits per heavy atom. The Labute approximate surface area is 136 Å². The monoisotopic (exact) mass is 340 g/mol. The molecule has 6 nitrogen and oxygen atoms in total. The number of nitrogens with zero attached hydrogens (tertiary/aromatic N) is 3. The van der Waals surface area contributed by atoms with E-state index in [1.165, 1.54) is 17.4 Å². The predicted molar refractivity (Wildman–Crippen MR) is 86.4 cm³/mol. The highest BCUT2D eigenvalue weighted by atomic mass is 32.2. The summed E-state index contributed by atoms with van der Waals surface area (Å²) < 4.78 is 44.7. The number of halogens is 1. The number of benzene rings is 1. The van der Waals surface area contributed by atoms with E-state index in [9.17, 15) is 12.8 Å². The van der Waals surface area contributed by atoms with Crippen molar-refractivity contribution < 1.29 is 12.8 Å². The quantitative estimate of drug-likeness (QED) is 0.872. The summed E-state index contributed by atoms with van der Waals surface area (Å²) in [6, 6.07) is 4.92. The van der Waals surface area contributed by atoms with Gasteiger partial charge in [0, 0.05) is 38.1 Å². The van der Waals surface area contributed by atoms with Gasteiger partial charge in [0.1, 0.15) is 17.7 Å². The minimum Gasteiger partial charge on any atom is -0.336 e. The van der Waals surface area contributed by atoms with E-state index in [0.29, 0.717) is 5.82 Å². The molecule has 1 heterocycles. The molecular formula is C15H21FN4O2S. The topological polar surface area (TPSA) is 67.2 Å². The van der Waals surface area contributed by atoms with Crippen LogP contribution in [0.25, 0.3) is 0 Å². The molecule has 0 spiro atoms. The molecular weight excluding hydrogens is 319 g/mol. The Morgan fingerprint density at radius 2 is 1.96 bits per heavy atom. The first kappa shape index (κ1) is 17.6. The molecule has 1 aromatic carbocycles. The fourth-order valence-corrected chi connectivity index (χ4v) is 3.38. The molecule has 0 radical (unpaired) electrons. The molecule has 0 aliphatic heterocycles. The zero-order valence-corrected chi connectivity index (χ0v) is 14.4. The van der Waals surface area contributed by atoms with Gasteiger partial charge in [0.25, 0.3) is 10.2 Å². The summed E-state index contributed by atoms with van der Waals surface area (Å²) in [5.74, 6) is -0.0776. The van der Waals surface area contributed by atoms with Gasteiger partial charge in [-0.15, -0.1) is 0 Å². The van der Waals surface area contributed by atoms with Gasteiger partial charge in [-0.2, -0.15) is 17.4 Å². The van der Waals surface area contributed by atoms with Crippen LogP contribution in [-0.2, 0) is 17.3 Å². The molecule has 23 heavy (non-hydrogen) atoms. The van der Waals surface area contributed by atoms with Crippen LogP contribution in [0.15, 0.2) is 36.7 Å². The van der Waals surface area contributed by atoms with Gasteiger partial charge in [-0.25, -0.2) is 9.37 Å². The maximum atomic E-state index is 14.2. The van der Waals surface area contributed by atoms with Gasteiger partial charge < -0.3 is 4.57 Å². The molecule has 8 heteroatoms. The minimum absolute atomic E-state index is 0.225. The highest BCUT2D eigenvalue weighted by Gasteiger charge is 2.29. The van der Waals surface area contributed by atoms with Crippen LogP contribution < -0.4 is 4.72 Å². The van der Waals surface area contributed by atoms with Crippen LogP contribution in [0, 0.1) is 5.82 Å². The highest BCUT2D eigenvalue weighted by molar-refractivity contribution is 7.87. The Bertz CT molecular complexity index is 773. The van der Waals surface area contributed by atoms with Gasteiger partial charge >= 0.3 is 0 Å². The van der Waals surface area contributed by atoms with E-state index in [-0.39, 0.29) is 11.6 Å². The second kappa shape index (κ2) is 6.77. The number of nitrogens with one attached hydrogen (secondary N) is 1. The smallest absolute Gasteiger partial charge is 0.280 e. The molecule has 2 rings (SSSR count). The van der Waals surface area contributed by atoms with Crippen LogP contribution in [0.2, 0.25) is 0 Å². The van der Waals surface area contributed by atoms with Crippen molar-refractivity contribution in [2.24, 2.45) is 7.05 Å². The van der Waals surface area contributed by atoms with Gasteiger partial charge in [-0.05, 0) is 19.9 Å². The van der Waals surface area contributed by atoms with Crippen LogP contribution in [0.3, 0.4) is 0 Å². The molecule has 1 unspecified atom stereocenters. The summed E-state index contributed by atoms with van der Waals surface area (Å²) in [5.41, 5.74) is 0.225. The van der Waals surface area contributed by atoms with Crippen molar-refractivity contribution in [3.8, 4) is 0 Å². The van der Waals surface area contributed by atoms with Crippen molar-refractivity contribution in [3.05, 3.63) is 53.9 Å². The summed E-state index contributed by atoms with van der Waals surface area (Å²) in [5, 5.41) is 0. The second-order valence-corrected chi connectivity index (χ2v) is 7.35. The summed E-state index contributed by atoms with van der Waals surface area (Å²) in [4.78, 5) is 4.17. The van der Waals surface area contributed by atoms with Gasteiger partial charge in [0.15, 0.2) is 0 Å². The van der Waals surface area contributed by atoms with Crippen LogP contribution in [-0.4, -0.2) is 35.4 Å². The predicted octanol–water partition coefficient (Wildman–Crippen LogP) is 1.82. The van der Waals surface area contributed by atoms with E-state index in [4.69, 9.17) is 0 Å². The Hall–Kier alpha value is -1.77. The lowest BCUT2D eigenvalue weighted by Crippen LogP contribution is -2.44. The normalized spacial score (nSPS) is 13.7. The summed E-state index contributed by atoms with van der Waals surface area (Å²) in [7, 11) is -0.594. The van der Waals surface area contributed by atoms with Crippen LogP contribution in [0.1, 0.15) is 31.3 Å². The number of hydrogen-bond donors (Lipinski definition) is 1. The van der Waals surface area contributed by atoms with E-state index in [2.05, 4.69) is 9.71 Å². The molecule has 126 valence electrons. The molecule has 0 fully saturated rings. The Kier molecular flexibility index (Phi) is 5.18. The maximum absolute atomic E-state index is 14.2. The standard InChI is InChI=1S/C15H21FN4O2S/c1-11(2)20(4)23(21,22)18-14(15-17-9-10-19(15)3)12-7-5-6-8-13(12)16/h5-11,14,18H,1-4H3. The molecule has 0 bridgehead atoms. The van der Waals surface area contributed by atoms with Crippen molar-refractivity contribution in [1.29, 1.82) is 0 Å². The average molecular weight is 340 g/mol. The van der Waals surface area contributed by atoms with Crippen molar-refractivity contribution in [2.75, 3.05) is 7.05 Å². The SMILES string of the molecule is CC(C)N(C)S(=O)(=O)NC(c1ccccc1F)c1nccn1C. The van der Waals surface area contributed by atoms with E-state index in [1.54, 1.807) is 56.1 Å². The lowest BCUT2D eigenvalue weighted by molar-refractivity contribution is 0.397. The number of hydrogen-bond acceptors (Lipinski definition) is 3. The van der Waals surface area contributed by atoms with Gasteiger partial charge in [0.2, 0.25) is 0 Å². The molecule has 0 aliphatic rings. The van der Waals surface area contributed by atoms with Gasteiger partial charge in [-0.3, -0.25) is 0 Å². The van der Waals surface area contributed by atoms with Crippen molar-refractivity contribution in [3.63, 3.8) is 0 Å². The summed E-state index contributed by atoms with van der Waals surface area (Å²) in [6.07, 6.45) is 3.23. The molecule has 0 saturated carbocycles. The first-order chi connectivity index (χ1) is 10.7. The zero-order chi connectivity index (χ0) is 17.2. The molecule has 1 aromatic heterocycles. The maximum Gasteiger partial charge on any atom is 0.280 e. The lowest BCUT2D eigenvalue weighted by atomic mass is 10.1. The van der Waals surface area contributed by atoms with Gasteiger partial charge in [-0.1, -0.05) is 18.2 Å². The number of aryl methyl sites for hydroxylation is 1. The van der Waals surface area contributed by atoms with E-state index in [1.807, 2.05) is 0 Å². The molecule has 2 aromatic rings.